The lowest BCUT2D eigenvalue weighted by atomic mass is 10.0. The smallest absolute Gasteiger partial charge is 0.279 e. The van der Waals surface area contributed by atoms with Crippen LogP contribution in [0.25, 0.3) is 0 Å². The van der Waals surface area contributed by atoms with E-state index in [0.29, 0.717) is 25.2 Å². The molecule has 3 aromatic rings. The van der Waals surface area contributed by atoms with Gasteiger partial charge in [-0.05, 0) is 24.1 Å². The highest BCUT2D eigenvalue weighted by Crippen LogP contribution is 2.31. The highest BCUT2D eigenvalue weighted by atomic mass is 35.5. The molecule has 1 N–H and O–H groups in total. The maximum atomic E-state index is 14.4. The summed E-state index contributed by atoms with van der Waals surface area (Å²) in [7, 11) is 0. The second-order valence-corrected chi connectivity index (χ2v) is 6.76. The van der Waals surface area contributed by atoms with Gasteiger partial charge in [-0.15, -0.1) is 0 Å². The van der Waals surface area contributed by atoms with E-state index in [1.165, 1.54) is 17.0 Å². The van der Waals surface area contributed by atoms with Gasteiger partial charge in [-0.3, -0.25) is 9.48 Å². The third-order valence-corrected chi connectivity index (χ3v) is 5.04. The first kappa shape index (κ1) is 17.7. The molecule has 1 aliphatic rings. The van der Waals surface area contributed by atoms with Crippen LogP contribution in [0, 0.1) is 5.82 Å². The SMILES string of the molecule is O=C1c2nn(Cc3ccccc3)c(CO)c2CCN1c1cccc(Cl)c1F. The standard InChI is InChI=1S/C20H17ClFN3O2/c21-15-7-4-8-16(18(15)22)24-10-9-14-17(12-26)25(23-19(14)20(24)27)11-13-5-2-1-3-6-13/h1-8,26H,9-12H2. The molecule has 0 aliphatic carbocycles. The fourth-order valence-electron chi connectivity index (χ4n) is 3.42. The van der Waals surface area contributed by atoms with Gasteiger partial charge in [-0.2, -0.15) is 5.10 Å². The van der Waals surface area contributed by atoms with Gasteiger partial charge >= 0.3 is 0 Å². The number of carbonyl (C=O) groups is 1. The molecule has 0 saturated carbocycles. The Hall–Kier alpha value is -2.70. The molecule has 138 valence electrons. The highest BCUT2D eigenvalue weighted by Gasteiger charge is 2.33. The van der Waals surface area contributed by atoms with E-state index in [0.717, 1.165) is 11.1 Å². The Labute approximate surface area is 160 Å². The molecule has 0 saturated heterocycles. The van der Waals surface area contributed by atoms with Crippen LogP contribution in [0.3, 0.4) is 0 Å². The monoisotopic (exact) mass is 385 g/mol. The fraction of sp³-hybridized carbons (Fsp3) is 0.200. The second-order valence-electron chi connectivity index (χ2n) is 6.35. The van der Waals surface area contributed by atoms with E-state index in [4.69, 9.17) is 11.6 Å². The zero-order valence-electron chi connectivity index (χ0n) is 14.4. The normalized spacial score (nSPS) is 13.7. The fourth-order valence-corrected chi connectivity index (χ4v) is 3.59. The zero-order chi connectivity index (χ0) is 19.0. The van der Waals surface area contributed by atoms with Gasteiger partial charge in [0.1, 0.15) is 0 Å². The molecule has 5 nitrogen and oxygen atoms in total. The number of benzene rings is 2. The van der Waals surface area contributed by atoms with E-state index in [2.05, 4.69) is 5.10 Å². The molecule has 1 aliphatic heterocycles. The number of fused-ring (bicyclic) bond motifs is 1. The summed E-state index contributed by atoms with van der Waals surface area (Å²) in [6.07, 6.45) is 0.484. The maximum absolute atomic E-state index is 14.4. The van der Waals surface area contributed by atoms with Crippen LogP contribution in [0.4, 0.5) is 10.1 Å². The number of hydrogen-bond donors (Lipinski definition) is 1. The van der Waals surface area contributed by atoms with Crippen molar-refractivity contribution in [2.75, 3.05) is 11.4 Å². The molecule has 2 aromatic carbocycles. The van der Waals surface area contributed by atoms with Crippen molar-refractivity contribution < 1.29 is 14.3 Å². The molecular formula is C20H17ClFN3O2. The Kier molecular flexibility index (Phi) is 4.68. The number of halogens is 2. The molecule has 0 bridgehead atoms. The van der Waals surface area contributed by atoms with Gasteiger partial charge in [0, 0.05) is 12.1 Å². The second kappa shape index (κ2) is 7.13. The molecular weight excluding hydrogens is 369 g/mol. The first-order valence-electron chi connectivity index (χ1n) is 8.59. The number of anilines is 1. The minimum Gasteiger partial charge on any atom is -0.390 e. The zero-order valence-corrected chi connectivity index (χ0v) is 15.2. The van der Waals surface area contributed by atoms with E-state index in [1.807, 2.05) is 30.3 Å². The van der Waals surface area contributed by atoms with E-state index in [9.17, 15) is 14.3 Å². The average molecular weight is 386 g/mol. The number of aliphatic hydroxyl groups excluding tert-OH is 1. The van der Waals surface area contributed by atoms with Crippen LogP contribution < -0.4 is 4.90 Å². The summed E-state index contributed by atoms with van der Waals surface area (Å²) in [5.74, 6) is -1.01. The first-order chi connectivity index (χ1) is 13.1. The molecule has 0 fully saturated rings. The lowest BCUT2D eigenvalue weighted by Gasteiger charge is -2.26. The van der Waals surface area contributed by atoms with Crippen molar-refractivity contribution in [3.8, 4) is 0 Å². The van der Waals surface area contributed by atoms with Gasteiger partial charge in [-0.1, -0.05) is 48.0 Å². The molecule has 0 radical (unpaired) electrons. The summed E-state index contributed by atoms with van der Waals surface area (Å²) in [6, 6.07) is 14.3. The van der Waals surface area contributed by atoms with E-state index in [-0.39, 0.29) is 28.9 Å². The molecule has 27 heavy (non-hydrogen) atoms. The third-order valence-electron chi connectivity index (χ3n) is 4.75. The highest BCUT2D eigenvalue weighted by molar-refractivity contribution is 6.31. The van der Waals surface area contributed by atoms with Crippen molar-refractivity contribution in [2.24, 2.45) is 0 Å². The Bertz CT molecular complexity index is 1000. The summed E-state index contributed by atoms with van der Waals surface area (Å²) >= 11 is 5.86. The quantitative estimate of drug-likeness (QED) is 0.748. The van der Waals surface area contributed by atoms with Crippen molar-refractivity contribution >= 4 is 23.2 Å². The minimum atomic E-state index is -0.623. The number of aliphatic hydroxyl groups is 1. The number of nitrogens with zero attached hydrogens (tertiary/aromatic N) is 3. The van der Waals surface area contributed by atoms with Crippen molar-refractivity contribution in [3.05, 3.63) is 81.9 Å². The van der Waals surface area contributed by atoms with Crippen LogP contribution in [-0.4, -0.2) is 27.3 Å². The number of aromatic nitrogens is 2. The Balaban J connectivity index is 1.71. The predicted octanol–water partition coefficient (Wildman–Crippen LogP) is 3.42. The Morgan fingerprint density at radius 1 is 1.15 bits per heavy atom. The first-order valence-corrected chi connectivity index (χ1v) is 8.97. The molecule has 1 aromatic heterocycles. The molecule has 0 spiro atoms. The summed E-state index contributed by atoms with van der Waals surface area (Å²) in [5.41, 5.74) is 2.74. The molecule has 1 amide bonds. The predicted molar refractivity (Wildman–Crippen MR) is 100 cm³/mol. The summed E-state index contributed by atoms with van der Waals surface area (Å²) < 4.78 is 16.0. The van der Waals surface area contributed by atoms with E-state index in [1.54, 1.807) is 10.7 Å². The summed E-state index contributed by atoms with van der Waals surface area (Å²) in [4.78, 5) is 14.3. The minimum absolute atomic E-state index is 0.0308. The molecule has 0 atom stereocenters. The van der Waals surface area contributed by atoms with Crippen LogP contribution in [0.15, 0.2) is 48.5 Å². The Morgan fingerprint density at radius 2 is 1.93 bits per heavy atom. The number of amides is 1. The van der Waals surface area contributed by atoms with Gasteiger partial charge in [0.15, 0.2) is 11.5 Å². The lowest BCUT2D eigenvalue weighted by Crippen LogP contribution is -2.38. The molecule has 0 unspecified atom stereocenters. The number of carbonyl (C=O) groups excluding carboxylic acids is 1. The van der Waals surface area contributed by atoms with E-state index < -0.39 is 5.82 Å². The topological polar surface area (TPSA) is 58.4 Å². The van der Waals surface area contributed by atoms with Gasteiger partial charge in [0.25, 0.3) is 5.91 Å². The van der Waals surface area contributed by atoms with Gasteiger partial charge < -0.3 is 10.0 Å². The summed E-state index contributed by atoms with van der Waals surface area (Å²) in [5, 5.41) is 14.2. The molecule has 2 heterocycles. The van der Waals surface area contributed by atoms with Crippen LogP contribution in [-0.2, 0) is 19.6 Å². The van der Waals surface area contributed by atoms with Gasteiger partial charge in [-0.25, -0.2) is 4.39 Å². The summed E-state index contributed by atoms with van der Waals surface area (Å²) in [6.45, 7) is 0.531. The van der Waals surface area contributed by atoms with Crippen molar-refractivity contribution in [1.29, 1.82) is 0 Å². The number of hydrogen-bond acceptors (Lipinski definition) is 3. The van der Waals surface area contributed by atoms with Crippen LogP contribution in [0.5, 0.6) is 0 Å². The van der Waals surface area contributed by atoms with E-state index >= 15 is 0 Å². The molecule has 7 heteroatoms. The van der Waals surface area contributed by atoms with Gasteiger partial charge in [0.05, 0.1) is 29.6 Å². The van der Waals surface area contributed by atoms with Crippen molar-refractivity contribution in [3.63, 3.8) is 0 Å². The van der Waals surface area contributed by atoms with Crippen LogP contribution >= 0.6 is 11.6 Å². The average Bonchev–Trinajstić information content (AvgIpc) is 3.03. The Morgan fingerprint density at radius 3 is 2.67 bits per heavy atom. The van der Waals surface area contributed by atoms with Crippen LogP contribution in [0.2, 0.25) is 5.02 Å². The van der Waals surface area contributed by atoms with Crippen LogP contribution in [0.1, 0.15) is 27.3 Å². The maximum Gasteiger partial charge on any atom is 0.279 e. The van der Waals surface area contributed by atoms with Crippen molar-refractivity contribution in [1.82, 2.24) is 9.78 Å². The molecule has 4 rings (SSSR count). The lowest BCUT2D eigenvalue weighted by molar-refractivity contribution is 0.0974. The third kappa shape index (κ3) is 3.11. The van der Waals surface area contributed by atoms with Gasteiger partial charge in [0.2, 0.25) is 0 Å². The largest absolute Gasteiger partial charge is 0.390 e. The van der Waals surface area contributed by atoms with Crippen molar-refractivity contribution in [2.45, 2.75) is 19.6 Å². The number of rotatable bonds is 4.